The number of piperazine rings is 1. The van der Waals surface area contributed by atoms with Crippen molar-refractivity contribution in [2.24, 2.45) is 5.92 Å². The third kappa shape index (κ3) is 4.62. The highest BCUT2D eigenvalue weighted by Crippen LogP contribution is 2.31. The summed E-state index contributed by atoms with van der Waals surface area (Å²) in [6, 6.07) is 0. The zero-order chi connectivity index (χ0) is 17.0. The van der Waals surface area contributed by atoms with Crippen molar-refractivity contribution in [2.45, 2.75) is 31.5 Å². The van der Waals surface area contributed by atoms with Crippen LogP contribution < -0.4 is 10.2 Å². The predicted octanol–water partition coefficient (Wildman–Crippen LogP) is -2.99. The lowest BCUT2D eigenvalue weighted by atomic mass is 9.90. The van der Waals surface area contributed by atoms with Crippen LogP contribution in [0.1, 0.15) is 13.3 Å². The summed E-state index contributed by atoms with van der Waals surface area (Å²) in [5.74, 6) is -0.306. The van der Waals surface area contributed by atoms with Crippen molar-refractivity contribution < 1.29 is 29.4 Å². The van der Waals surface area contributed by atoms with E-state index in [1.165, 1.54) is 12.0 Å². The van der Waals surface area contributed by atoms with Crippen molar-refractivity contribution in [1.29, 1.82) is 0 Å². The second-order valence-electron chi connectivity index (χ2n) is 6.81. The third-order valence-corrected chi connectivity index (χ3v) is 4.81. The smallest absolute Gasteiger partial charge is 0.277 e. The fraction of sp³-hybridized carbons (Fsp3) is 0.933. The number of likely N-dealkylation sites (N-methyl/N-ethyl adjacent to an activating group) is 1. The fourth-order valence-corrected chi connectivity index (χ4v) is 3.33. The molecule has 2 heterocycles. The van der Waals surface area contributed by atoms with Gasteiger partial charge in [0.25, 0.3) is 5.91 Å². The van der Waals surface area contributed by atoms with E-state index in [1.54, 1.807) is 0 Å². The summed E-state index contributed by atoms with van der Waals surface area (Å²) in [4.78, 5) is 15.8. The molecule has 8 nitrogen and oxygen atoms in total. The molecule has 0 aromatic heterocycles. The average Bonchev–Trinajstić information content (AvgIpc) is 2.49. The zero-order valence-electron chi connectivity index (χ0n) is 14.2. The van der Waals surface area contributed by atoms with Crippen LogP contribution in [0.25, 0.3) is 0 Å². The Labute approximate surface area is 137 Å². The molecule has 1 amide bonds. The molecule has 4 atom stereocenters. The van der Waals surface area contributed by atoms with Crippen LogP contribution in [0.2, 0.25) is 0 Å². The van der Waals surface area contributed by atoms with Crippen LogP contribution in [0.15, 0.2) is 0 Å². The Bertz CT molecular complexity index is 403. The number of hydrogen-bond donors (Lipinski definition) is 4. The van der Waals surface area contributed by atoms with Crippen LogP contribution in [0.5, 0.6) is 0 Å². The average molecular weight is 332 g/mol. The Kier molecular flexibility index (Phi) is 6.35. The summed E-state index contributed by atoms with van der Waals surface area (Å²) in [6.07, 6.45) is -1.11. The largest absolute Gasteiger partial charge is 0.394 e. The molecule has 0 saturated carbocycles. The van der Waals surface area contributed by atoms with Gasteiger partial charge in [-0.05, 0) is 13.0 Å². The minimum Gasteiger partial charge on any atom is -0.394 e. The van der Waals surface area contributed by atoms with Crippen LogP contribution in [-0.2, 0) is 14.3 Å². The first-order valence-electron chi connectivity index (χ1n) is 8.22. The van der Waals surface area contributed by atoms with Crippen LogP contribution in [0.4, 0.5) is 0 Å². The molecule has 4 N–H and O–H groups in total. The van der Waals surface area contributed by atoms with Crippen LogP contribution in [-0.4, -0.2) is 92.6 Å². The number of ether oxygens (including phenoxy) is 2. The molecule has 134 valence electrons. The molecule has 0 aliphatic carbocycles. The molecule has 0 spiro atoms. The summed E-state index contributed by atoms with van der Waals surface area (Å²) in [6.45, 7) is 5.80. The van der Waals surface area contributed by atoms with Gasteiger partial charge in [0.05, 0.1) is 25.8 Å². The molecule has 0 bridgehead atoms. The van der Waals surface area contributed by atoms with E-state index >= 15 is 0 Å². The standard InChI is InChI=1S/C15H29N3O5/c1-11-8-15(21,14(22-3)23-12(11)10-19)16-13(20)9-18-6-4-17(2)5-7-18/h11-12,14,19,21H,4-10H2,1-3H3,(H,16,20)/p+1. The van der Waals surface area contributed by atoms with Crippen molar-refractivity contribution in [2.75, 3.05) is 53.5 Å². The van der Waals surface area contributed by atoms with Crippen molar-refractivity contribution in [1.82, 2.24) is 10.2 Å². The first-order chi connectivity index (χ1) is 10.9. The Morgan fingerprint density at radius 2 is 2.13 bits per heavy atom. The minimum absolute atomic E-state index is 0.0901. The van der Waals surface area contributed by atoms with Crippen LogP contribution in [0.3, 0.4) is 0 Å². The van der Waals surface area contributed by atoms with Gasteiger partial charge in [0.2, 0.25) is 6.29 Å². The lowest BCUT2D eigenvalue weighted by molar-refractivity contribution is -0.896. The molecule has 2 fully saturated rings. The highest BCUT2D eigenvalue weighted by molar-refractivity contribution is 5.77. The lowest BCUT2D eigenvalue weighted by Crippen LogP contribution is -3.15. The van der Waals surface area contributed by atoms with Gasteiger partial charge >= 0.3 is 0 Å². The molecule has 2 aliphatic rings. The van der Waals surface area contributed by atoms with Crippen molar-refractivity contribution in [3.63, 3.8) is 0 Å². The maximum absolute atomic E-state index is 12.3. The fourth-order valence-electron chi connectivity index (χ4n) is 3.33. The van der Waals surface area contributed by atoms with Gasteiger partial charge in [-0.1, -0.05) is 6.92 Å². The number of quaternary nitrogens is 1. The Morgan fingerprint density at radius 1 is 1.48 bits per heavy atom. The van der Waals surface area contributed by atoms with E-state index in [2.05, 4.69) is 17.3 Å². The number of aliphatic hydroxyl groups excluding tert-OH is 1. The number of rotatable bonds is 5. The first kappa shape index (κ1) is 18.6. The van der Waals surface area contributed by atoms with Gasteiger partial charge in [0.1, 0.15) is 0 Å². The lowest BCUT2D eigenvalue weighted by Gasteiger charge is -2.44. The van der Waals surface area contributed by atoms with Gasteiger partial charge in [-0.15, -0.1) is 0 Å². The maximum atomic E-state index is 12.3. The molecule has 0 radical (unpaired) electrons. The SMILES string of the molecule is COC1OC(CO)C(C)CC1(O)NC(=O)C[NH+]1CCN(C)CC1. The minimum atomic E-state index is -1.57. The zero-order valence-corrected chi connectivity index (χ0v) is 14.2. The molecule has 0 aromatic rings. The molecular weight excluding hydrogens is 302 g/mol. The summed E-state index contributed by atoms with van der Waals surface area (Å²) in [5.41, 5.74) is -1.57. The first-order valence-corrected chi connectivity index (χ1v) is 8.22. The topological polar surface area (TPSA) is 95.7 Å². The van der Waals surface area contributed by atoms with E-state index in [9.17, 15) is 15.0 Å². The van der Waals surface area contributed by atoms with E-state index in [4.69, 9.17) is 9.47 Å². The number of hydrogen-bond acceptors (Lipinski definition) is 6. The Hall–Kier alpha value is -0.770. The van der Waals surface area contributed by atoms with E-state index in [1.807, 2.05) is 6.92 Å². The van der Waals surface area contributed by atoms with Crippen molar-refractivity contribution in [3.8, 4) is 0 Å². The Balaban J connectivity index is 1.92. The number of methoxy groups -OCH3 is 1. The maximum Gasteiger partial charge on any atom is 0.277 e. The molecule has 4 unspecified atom stereocenters. The van der Waals surface area contributed by atoms with Gasteiger partial charge in [0.15, 0.2) is 12.3 Å². The van der Waals surface area contributed by atoms with Gasteiger partial charge in [0, 0.05) is 26.6 Å². The number of carbonyl (C=O) groups is 1. The predicted molar refractivity (Wildman–Crippen MR) is 82.7 cm³/mol. The monoisotopic (exact) mass is 332 g/mol. The van der Waals surface area contributed by atoms with Gasteiger partial charge < -0.3 is 29.9 Å². The molecular formula is C15H30N3O5+. The number of aliphatic hydroxyl groups is 2. The quantitative estimate of drug-likeness (QED) is 0.401. The summed E-state index contributed by atoms with van der Waals surface area (Å²) in [7, 11) is 3.49. The van der Waals surface area contributed by atoms with E-state index in [0.717, 1.165) is 26.2 Å². The van der Waals surface area contributed by atoms with E-state index in [-0.39, 0.29) is 24.9 Å². The molecule has 8 heteroatoms. The van der Waals surface area contributed by atoms with Crippen LogP contribution in [0, 0.1) is 5.92 Å². The van der Waals surface area contributed by atoms with Crippen molar-refractivity contribution >= 4 is 5.91 Å². The second-order valence-corrected chi connectivity index (χ2v) is 6.81. The summed E-state index contributed by atoms with van der Waals surface area (Å²) in [5, 5.41) is 22.8. The number of amides is 1. The summed E-state index contributed by atoms with van der Waals surface area (Å²) < 4.78 is 10.7. The highest BCUT2D eigenvalue weighted by Gasteiger charge is 2.48. The van der Waals surface area contributed by atoms with E-state index in [0.29, 0.717) is 6.54 Å². The van der Waals surface area contributed by atoms with Crippen LogP contribution >= 0.6 is 0 Å². The number of nitrogens with zero attached hydrogens (tertiary/aromatic N) is 1. The molecule has 23 heavy (non-hydrogen) atoms. The third-order valence-electron chi connectivity index (χ3n) is 4.81. The molecule has 2 aliphatic heterocycles. The van der Waals surface area contributed by atoms with Crippen molar-refractivity contribution in [3.05, 3.63) is 0 Å². The van der Waals surface area contributed by atoms with Gasteiger partial charge in [-0.2, -0.15) is 0 Å². The molecule has 2 saturated heterocycles. The Morgan fingerprint density at radius 3 is 2.70 bits per heavy atom. The molecule has 0 aromatic carbocycles. The van der Waals surface area contributed by atoms with Gasteiger partial charge in [-0.25, -0.2) is 0 Å². The number of nitrogens with one attached hydrogen (secondary N) is 2. The second kappa shape index (κ2) is 7.87. The summed E-state index contributed by atoms with van der Waals surface area (Å²) >= 11 is 0. The normalized spacial score (nSPS) is 36.8. The number of carbonyl (C=O) groups excluding carboxylic acids is 1. The molecule has 2 rings (SSSR count). The van der Waals surface area contributed by atoms with Gasteiger partial charge in [-0.3, -0.25) is 9.69 Å². The highest BCUT2D eigenvalue weighted by atomic mass is 16.7. The van der Waals surface area contributed by atoms with E-state index < -0.39 is 18.1 Å².